The van der Waals surface area contributed by atoms with Gasteiger partial charge in [0.15, 0.2) is 0 Å². The number of rotatable bonds is 4. The molecule has 1 heterocycles. The molecule has 0 saturated carbocycles. The van der Waals surface area contributed by atoms with Gasteiger partial charge in [0.2, 0.25) is 0 Å². The van der Waals surface area contributed by atoms with E-state index in [1.54, 1.807) is 6.07 Å². The third-order valence-electron chi connectivity index (χ3n) is 3.76. The van der Waals surface area contributed by atoms with Crippen molar-refractivity contribution in [2.75, 3.05) is 24.6 Å². The van der Waals surface area contributed by atoms with E-state index in [1.807, 2.05) is 4.90 Å². The molecule has 6 heteroatoms. The molecule has 0 bridgehead atoms. The van der Waals surface area contributed by atoms with Crippen LogP contribution in [0.25, 0.3) is 0 Å². The molecule has 0 amide bonds. The predicted octanol–water partition coefficient (Wildman–Crippen LogP) is 2.41. The van der Waals surface area contributed by atoms with E-state index in [9.17, 15) is 13.2 Å². The Morgan fingerprint density at radius 2 is 2.00 bits per heavy atom. The molecule has 3 nitrogen and oxygen atoms in total. The zero-order chi connectivity index (χ0) is 14.8. The number of aliphatic hydroxyl groups excluding tert-OH is 2. The number of nitrogens with zero attached hydrogens (tertiary/aromatic N) is 1. The molecule has 1 fully saturated rings. The monoisotopic (exact) mass is 289 g/mol. The van der Waals surface area contributed by atoms with Gasteiger partial charge < -0.3 is 15.1 Å². The first kappa shape index (κ1) is 15.1. The molecule has 20 heavy (non-hydrogen) atoms. The summed E-state index contributed by atoms with van der Waals surface area (Å²) in [6.45, 7) is 0.842. The number of benzene rings is 1. The maximum Gasteiger partial charge on any atom is 0.416 e. The van der Waals surface area contributed by atoms with Crippen LogP contribution in [0.5, 0.6) is 0 Å². The minimum absolute atomic E-state index is 0.104. The molecular weight excluding hydrogens is 271 g/mol. The molecule has 1 aromatic rings. The van der Waals surface area contributed by atoms with Gasteiger partial charge in [0.1, 0.15) is 0 Å². The normalized spacial score (nSPS) is 19.6. The van der Waals surface area contributed by atoms with E-state index in [2.05, 4.69) is 0 Å². The zero-order valence-electron chi connectivity index (χ0n) is 11.0. The Kier molecular flexibility index (Phi) is 4.55. The highest BCUT2D eigenvalue weighted by Crippen LogP contribution is 2.36. The van der Waals surface area contributed by atoms with Crippen molar-refractivity contribution in [3.63, 3.8) is 0 Å². The average Bonchev–Trinajstić information content (AvgIpc) is 2.86. The number of halogens is 3. The second-order valence-electron chi connectivity index (χ2n) is 5.11. The first-order valence-electron chi connectivity index (χ1n) is 6.62. The molecule has 0 aliphatic carbocycles. The van der Waals surface area contributed by atoms with Gasteiger partial charge in [-0.05, 0) is 36.5 Å². The van der Waals surface area contributed by atoms with E-state index in [0.717, 1.165) is 12.5 Å². The number of anilines is 1. The summed E-state index contributed by atoms with van der Waals surface area (Å²) in [6.07, 6.45) is -2.90. The van der Waals surface area contributed by atoms with Crippen molar-refractivity contribution in [3.8, 4) is 0 Å². The highest BCUT2D eigenvalue weighted by atomic mass is 19.4. The van der Waals surface area contributed by atoms with E-state index >= 15 is 0 Å². The molecule has 0 radical (unpaired) electrons. The topological polar surface area (TPSA) is 43.7 Å². The predicted molar refractivity (Wildman–Crippen MR) is 69.4 cm³/mol. The van der Waals surface area contributed by atoms with Crippen LogP contribution in [0.4, 0.5) is 18.9 Å². The van der Waals surface area contributed by atoms with Crippen LogP contribution < -0.4 is 4.90 Å². The quantitative estimate of drug-likeness (QED) is 0.894. The van der Waals surface area contributed by atoms with E-state index in [4.69, 9.17) is 10.2 Å². The van der Waals surface area contributed by atoms with Gasteiger partial charge in [0, 0.05) is 25.4 Å². The lowest BCUT2D eigenvalue weighted by Crippen LogP contribution is -2.21. The molecule has 2 N–H and O–H groups in total. The first-order chi connectivity index (χ1) is 9.45. The number of hydrogen-bond acceptors (Lipinski definition) is 3. The largest absolute Gasteiger partial charge is 0.416 e. The average molecular weight is 289 g/mol. The minimum Gasteiger partial charge on any atom is -0.396 e. The molecule has 1 aliphatic heterocycles. The Hall–Kier alpha value is -1.27. The number of alkyl halides is 3. The van der Waals surface area contributed by atoms with Crippen molar-refractivity contribution in [1.82, 2.24) is 0 Å². The molecule has 2 rings (SSSR count). The Balaban J connectivity index is 2.22. The highest BCUT2D eigenvalue weighted by Gasteiger charge is 2.34. The van der Waals surface area contributed by atoms with E-state index in [0.29, 0.717) is 31.1 Å². The van der Waals surface area contributed by atoms with Crippen LogP contribution in [0.15, 0.2) is 18.2 Å². The van der Waals surface area contributed by atoms with Crippen LogP contribution in [0, 0.1) is 5.92 Å². The van der Waals surface area contributed by atoms with Crippen molar-refractivity contribution < 1.29 is 23.4 Å². The Labute approximate surface area is 115 Å². The van der Waals surface area contributed by atoms with Gasteiger partial charge in [-0.25, -0.2) is 0 Å². The van der Waals surface area contributed by atoms with Gasteiger partial charge in [-0.15, -0.1) is 0 Å². The summed E-state index contributed by atoms with van der Waals surface area (Å²) in [5.74, 6) is 0.326. The lowest BCUT2D eigenvalue weighted by Gasteiger charge is -2.21. The van der Waals surface area contributed by atoms with Gasteiger partial charge >= 0.3 is 6.18 Å². The van der Waals surface area contributed by atoms with Crippen molar-refractivity contribution in [3.05, 3.63) is 29.3 Å². The fraction of sp³-hybridized carbons (Fsp3) is 0.571. The smallest absolute Gasteiger partial charge is 0.396 e. The number of hydrogen-bond donors (Lipinski definition) is 2. The second-order valence-corrected chi connectivity index (χ2v) is 5.11. The molecular formula is C14H18F3NO2. The summed E-state index contributed by atoms with van der Waals surface area (Å²) in [6, 6.07) is 4.05. The lowest BCUT2D eigenvalue weighted by atomic mass is 10.1. The summed E-state index contributed by atoms with van der Waals surface area (Å²) < 4.78 is 38.8. The Bertz CT molecular complexity index is 462. The highest BCUT2D eigenvalue weighted by molar-refractivity contribution is 5.52. The molecule has 1 aromatic carbocycles. The van der Waals surface area contributed by atoms with Gasteiger partial charge in [-0.1, -0.05) is 6.07 Å². The van der Waals surface area contributed by atoms with E-state index in [1.165, 1.54) is 6.07 Å². The summed E-state index contributed by atoms with van der Waals surface area (Å²) in [5.41, 5.74) is -0.356. The van der Waals surface area contributed by atoms with Crippen molar-refractivity contribution >= 4 is 5.69 Å². The Morgan fingerprint density at radius 3 is 2.60 bits per heavy atom. The molecule has 1 saturated heterocycles. The molecule has 1 atom stereocenters. The number of aliphatic hydroxyl groups is 2. The minimum atomic E-state index is -4.46. The van der Waals surface area contributed by atoms with E-state index in [-0.39, 0.29) is 12.2 Å². The van der Waals surface area contributed by atoms with Crippen LogP contribution in [0.2, 0.25) is 0 Å². The van der Waals surface area contributed by atoms with Crippen molar-refractivity contribution in [1.29, 1.82) is 0 Å². The second kappa shape index (κ2) is 6.01. The summed E-state index contributed by atoms with van der Waals surface area (Å²) >= 11 is 0. The zero-order valence-corrected chi connectivity index (χ0v) is 11.0. The van der Waals surface area contributed by atoms with Crippen LogP contribution >= 0.6 is 0 Å². The molecule has 112 valence electrons. The van der Waals surface area contributed by atoms with Gasteiger partial charge in [-0.2, -0.15) is 13.2 Å². The van der Waals surface area contributed by atoms with Crippen molar-refractivity contribution in [2.45, 2.75) is 25.6 Å². The molecule has 0 aromatic heterocycles. The molecule has 1 aliphatic rings. The standard InChI is InChI=1S/C14H18F3NO2/c15-14(16,17)13-7-12(2-1-11(13)9-20)18-5-3-10(8-18)4-6-19/h1-2,7,10,19-20H,3-6,8-9H2. The van der Waals surface area contributed by atoms with Crippen LogP contribution in [-0.4, -0.2) is 29.9 Å². The van der Waals surface area contributed by atoms with Gasteiger partial charge in [-0.3, -0.25) is 0 Å². The fourth-order valence-electron chi connectivity index (χ4n) is 2.65. The Morgan fingerprint density at radius 1 is 1.25 bits per heavy atom. The fourth-order valence-corrected chi connectivity index (χ4v) is 2.65. The van der Waals surface area contributed by atoms with Gasteiger partial charge in [0.05, 0.1) is 12.2 Å². The van der Waals surface area contributed by atoms with Crippen LogP contribution in [0.1, 0.15) is 24.0 Å². The van der Waals surface area contributed by atoms with Crippen molar-refractivity contribution in [2.24, 2.45) is 5.92 Å². The SMILES string of the molecule is OCCC1CCN(c2ccc(CO)c(C(F)(F)F)c2)C1. The third kappa shape index (κ3) is 3.24. The van der Waals surface area contributed by atoms with Gasteiger partial charge in [0.25, 0.3) is 0 Å². The lowest BCUT2D eigenvalue weighted by molar-refractivity contribution is -0.138. The van der Waals surface area contributed by atoms with Crippen LogP contribution in [-0.2, 0) is 12.8 Å². The summed E-state index contributed by atoms with van der Waals surface area (Å²) in [7, 11) is 0. The van der Waals surface area contributed by atoms with E-state index < -0.39 is 18.3 Å². The summed E-state index contributed by atoms with van der Waals surface area (Å²) in [4.78, 5) is 1.90. The maximum absolute atomic E-state index is 12.9. The third-order valence-corrected chi connectivity index (χ3v) is 3.76. The van der Waals surface area contributed by atoms with Crippen LogP contribution in [0.3, 0.4) is 0 Å². The molecule has 0 spiro atoms. The first-order valence-corrected chi connectivity index (χ1v) is 6.62. The maximum atomic E-state index is 12.9. The summed E-state index contributed by atoms with van der Waals surface area (Å²) in [5, 5.41) is 17.9. The molecule has 1 unspecified atom stereocenters.